The van der Waals surface area contributed by atoms with Gasteiger partial charge in [-0.15, -0.1) is 0 Å². The molecule has 3 aromatic carbocycles. The molecule has 0 radical (unpaired) electrons. The second-order valence-electron chi connectivity index (χ2n) is 7.67. The number of hydrogen-bond acceptors (Lipinski definition) is 3. The summed E-state index contributed by atoms with van der Waals surface area (Å²) in [6, 6.07) is 16.9. The van der Waals surface area contributed by atoms with Gasteiger partial charge < -0.3 is 5.32 Å². The zero-order valence-electron chi connectivity index (χ0n) is 17.9. The molecule has 1 atom stereocenters. The second kappa shape index (κ2) is 9.12. The van der Waals surface area contributed by atoms with Gasteiger partial charge in [0.25, 0.3) is 15.9 Å². The van der Waals surface area contributed by atoms with E-state index in [1.807, 2.05) is 39.8 Å². The Hall–Kier alpha value is -2.83. The van der Waals surface area contributed by atoms with Crippen LogP contribution in [0.1, 0.15) is 45.6 Å². The maximum Gasteiger partial charge on any atom is 0.261 e. The van der Waals surface area contributed by atoms with Crippen molar-refractivity contribution in [3.8, 4) is 0 Å². The molecule has 0 aliphatic heterocycles. The summed E-state index contributed by atoms with van der Waals surface area (Å²) in [6.07, 6.45) is 0. The summed E-state index contributed by atoms with van der Waals surface area (Å²) in [5, 5.41) is 3.11. The molecule has 0 bridgehead atoms. The molecular weight excluding hydrogens is 432 g/mol. The van der Waals surface area contributed by atoms with E-state index in [1.165, 1.54) is 24.3 Å². The monoisotopic (exact) mass is 456 g/mol. The molecule has 0 spiro atoms. The van der Waals surface area contributed by atoms with Gasteiger partial charge in [-0.25, -0.2) is 8.42 Å². The predicted molar refractivity (Wildman–Crippen MR) is 125 cm³/mol. The Morgan fingerprint density at radius 1 is 0.903 bits per heavy atom. The van der Waals surface area contributed by atoms with Gasteiger partial charge in [-0.3, -0.25) is 9.52 Å². The van der Waals surface area contributed by atoms with Crippen molar-refractivity contribution in [1.82, 2.24) is 5.32 Å². The molecule has 5 nitrogen and oxygen atoms in total. The lowest BCUT2D eigenvalue weighted by atomic mass is 9.99. The SMILES string of the molecule is Cc1ccc(S(=O)(=O)Nc2ccc(C(=O)N[C@@H](C)c3cc(C)ccc3C)cc2Cl)cc1. The van der Waals surface area contributed by atoms with Crippen LogP contribution in [-0.4, -0.2) is 14.3 Å². The number of anilines is 1. The van der Waals surface area contributed by atoms with Crippen LogP contribution in [0, 0.1) is 20.8 Å². The number of sulfonamides is 1. The van der Waals surface area contributed by atoms with Gasteiger partial charge in [0.15, 0.2) is 0 Å². The fraction of sp³-hybridized carbons (Fsp3) is 0.208. The Balaban J connectivity index is 1.76. The van der Waals surface area contributed by atoms with Crippen molar-refractivity contribution in [3.05, 3.63) is 93.5 Å². The zero-order valence-corrected chi connectivity index (χ0v) is 19.4. The number of carbonyl (C=O) groups excluding carboxylic acids is 1. The average Bonchev–Trinajstić information content (AvgIpc) is 2.71. The van der Waals surface area contributed by atoms with Gasteiger partial charge in [0.2, 0.25) is 0 Å². The Morgan fingerprint density at radius 2 is 1.55 bits per heavy atom. The number of benzene rings is 3. The Labute approximate surface area is 188 Å². The molecule has 3 rings (SSSR count). The molecule has 0 aliphatic rings. The fourth-order valence-corrected chi connectivity index (χ4v) is 4.61. The van der Waals surface area contributed by atoms with E-state index in [4.69, 9.17) is 11.6 Å². The summed E-state index contributed by atoms with van der Waals surface area (Å²) in [5.74, 6) is -0.289. The molecule has 0 unspecified atom stereocenters. The Morgan fingerprint density at radius 3 is 2.19 bits per heavy atom. The van der Waals surface area contributed by atoms with Crippen LogP contribution in [0.5, 0.6) is 0 Å². The van der Waals surface area contributed by atoms with Crippen molar-refractivity contribution in [2.75, 3.05) is 4.72 Å². The minimum Gasteiger partial charge on any atom is -0.346 e. The highest BCUT2D eigenvalue weighted by molar-refractivity contribution is 7.92. The standard InChI is InChI=1S/C24H25ClN2O3S/c1-15-6-10-20(11-7-15)31(29,30)27-23-12-9-19(14-22(23)25)24(28)26-18(4)21-13-16(2)5-8-17(21)3/h5-14,18,27H,1-4H3,(H,26,28)/t18-/m0/s1. The summed E-state index contributed by atoms with van der Waals surface area (Å²) in [4.78, 5) is 12.9. The molecule has 0 aromatic heterocycles. The van der Waals surface area contributed by atoms with Crippen LogP contribution < -0.4 is 10.0 Å². The number of rotatable bonds is 6. The molecule has 1 amide bonds. The Bertz CT molecular complexity index is 1220. The minimum absolute atomic E-state index is 0.137. The van der Waals surface area contributed by atoms with E-state index in [0.717, 1.165) is 22.3 Å². The highest BCUT2D eigenvalue weighted by Crippen LogP contribution is 2.27. The van der Waals surface area contributed by atoms with E-state index in [-0.39, 0.29) is 27.6 Å². The third-order valence-corrected chi connectivity index (χ3v) is 6.75. The number of hydrogen-bond donors (Lipinski definition) is 2. The molecular formula is C24H25ClN2O3S. The molecule has 2 N–H and O–H groups in total. The van der Waals surface area contributed by atoms with E-state index in [9.17, 15) is 13.2 Å². The second-order valence-corrected chi connectivity index (χ2v) is 9.76. The number of aryl methyl sites for hydroxylation is 3. The summed E-state index contributed by atoms with van der Waals surface area (Å²) in [5.41, 5.74) is 4.78. The first-order chi connectivity index (χ1) is 14.6. The third kappa shape index (κ3) is 5.46. The summed E-state index contributed by atoms with van der Waals surface area (Å²) >= 11 is 6.28. The molecule has 0 aliphatic carbocycles. The normalized spacial score (nSPS) is 12.3. The summed E-state index contributed by atoms with van der Waals surface area (Å²) < 4.78 is 27.7. The highest BCUT2D eigenvalue weighted by Gasteiger charge is 2.18. The first kappa shape index (κ1) is 22.8. The van der Waals surface area contributed by atoms with E-state index < -0.39 is 10.0 Å². The zero-order chi connectivity index (χ0) is 22.8. The van der Waals surface area contributed by atoms with Gasteiger partial charge in [0.05, 0.1) is 21.6 Å². The molecule has 0 saturated heterocycles. The van der Waals surface area contributed by atoms with Gasteiger partial charge in [0, 0.05) is 5.56 Å². The molecule has 162 valence electrons. The first-order valence-corrected chi connectivity index (χ1v) is 11.7. The predicted octanol–water partition coefficient (Wildman–Crippen LogP) is 5.56. The minimum atomic E-state index is -3.78. The largest absolute Gasteiger partial charge is 0.346 e. The maximum atomic E-state index is 12.7. The molecule has 3 aromatic rings. The molecule has 7 heteroatoms. The van der Waals surface area contributed by atoms with Crippen molar-refractivity contribution in [1.29, 1.82) is 0 Å². The Kier molecular flexibility index (Phi) is 6.72. The van der Waals surface area contributed by atoms with Crippen LogP contribution in [0.25, 0.3) is 0 Å². The lowest BCUT2D eigenvalue weighted by molar-refractivity contribution is 0.0940. The lowest BCUT2D eigenvalue weighted by Gasteiger charge is -2.18. The lowest BCUT2D eigenvalue weighted by Crippen LogP contribution is -2.27. The van der Waals surface area contributed by atoms with E-state index in [1.54, 1.807) is 18.2 Å². The average molecular weight is 457 g/mol. The molecule has 0 heterocycles. The van der Waals surface area contributed by atoms with Gasteiger partial charge in [-0.05, 0) is 69.2 Å². The molecule has 0 fully saturated rings. The number of carbonyl (C=O) groups is 1. The maximum absolute atomic E-state index is 12.7. The van der Waals surface area contributed by atoms with Crippen LogP contribution in [-0.2, 0) is 10.0 Å². The number of amides is 1. The smallest absolute Gasteiger partial charge is 0.261 e. The quantitative estimate of drug-likeness (QED) is 0.510. The number of halogens is 1. The van der Waals surface area contributed by atoms with E-state index in [2.05, 4.69) is 16.1 Å². The van der Waals surface area contributed by atoms with Crippen LogP contribution in [0.4, 0.5) is 5.69 Å². The first-order valence-electron chi connectivity index (χ1n) is 9.84. The highest BCUT2D eigenvalue weighted by atomic mass is 35.5. The fourth-order valence-electron chi connectivity index (χ4n) is 3.24. The summed E-state index contributed by atoms with van der Waals surface area (Å²) in [6.45, 7) is 7.81. The van der Waals surface area contributed by atoms with Crippen LogP contribution in [0.3, 0.4) is 0 Å². The van der Waals surface area contributed by atoms with E-state index >= 15 is 0 Å². The van der Waals surface area contributed by atoms with E-state index in [0.29, 0.717) is 5.56 Å². The number of nitrogens with one attached hydrogen (secondary N) is 2. The van der Waals surface area contributed by atoms with Crippen LogP contribution in [0.15, 0.2) is 65.6 Å². The van der Waals surface area contributed by atoms with Gasteiger partial charge in [0.1, 0.15) is 0 Å². The van der Waals surface area contributed by atoms with Gasteiger partial charge in [-0.2, -0.15) is 0 Å². The molecule has 0 saturated carbocycles. The summed E-state index contributed by atoms with van der Waals surface area (Å²) in [7, 11) is -3.78. The van der Waals surface area contributed by atoms with Crippen molar-refractivity contribution in [3.63, 3.8) is 0 Å². The van der Waals surface area contributed by atoms with Crippen molar-refractivity contribution in [2.45, 2.75) is 38.6 Å². The topological polar surface area (TPSA) is 75.3 Å². The third-order valence-electron chi connectivity index (χ3n) is 5.06. The van der Waals surface area contributed by atoms with Crippen LogP contribution in [0.2, 0.25) is 5.02 Å². The van der Waals surface area contributed by atoms with Crippen molar-refractivity contribution >= 4 is 33.2 Å². The van der Waals surface area contributed by atoms with Crippen molar-refractivity contribution in [2.24, 2.45) is 0 Å². The van der Waals surface area contributed by atoms with Crippen molar-refractivity contribution < 1.29 is 13.2 Å². The molecule has 31 heavy (non-hydrogen) atoms. The van der Waals surface area contributed by atoms with Gasteiger partial charge >= 0.3 is 0 Å². The van der Waals surface area contributed by atoms with Gasteiger partial charge in [-0.1, -0.05) is 53.1 Å². The van der Waals surface area contributed by atoms with Crippen LogP contribution >= 0.6 is 11.6 Å².